The van der Waals surface area contributed by atoms with E-state index in [0.717, 1.165) is 69.0 Å². The highest BCUT2D eigenvalue weighted by molar-refractivity contribution is 5.79. The fourth-order valence-corrected chi connectivity index (χ4v) is 3.30. The van der Waals surface area contributed by atoms with E-state index in [0.29, 0.717) is 6.54 Å². The van der Waals surface area contributed by atoms with Crippen LogP contribution in [0, 0.1) is 0 Å². The second kappa shape index (κ2) is 11.2. The van der Waals surface area contributed by atoms with Crippen molar-refractivity contribution in [2.24, 2.45) is 4.99 Å². The van der Waals surface area contributed by atoms with E-state index < -0.39 is 0 Å². The minimum atomic E-state index is 0.578. The lowest BCUT2D eigenvalue weighted by Crippen LogP contribution is -2.49. The van der Waals surface area contributed by atoms with Crippen LogP contribution in [0.2, 0.25) is 0 Å². The van der Waals surface area contributed by atoms with E-state index in [4.69, 9.17) is 9.73 Å². The fourth-order valence-electron chi connectivity index (χ4n) is 3.30. The average molecular weight is 398 g/mol. The molecule has 0 radical (unpaired) electrons. The number of rotatable bonds is 8. The highest BCUT2D eigenvalue weighted by Gasteiger charge is 2.18. The number of hydrogen-bond donors (Lipinski definition) is 2. The Hall–Kier alpha value is -2.87. The van der Waals surface area contributed by atoms with Crippen molar-refractivity contribution in [3.05, 3.63) is 48.3 Å². The monoisotopic (exact) mass is 397 g/mol. The van der Waals surface area contributed by atoms with Gasteiger partial charge in [0, 0.05) is 63.8 Å². The number of nitrogens with zero attached hydrogens (tertiary/aromatic N) is 5. The molecule has 1 saturated heterocycles. The van der Waals surface area contributed by atoms with Gasteiger partial charge < -0.3 is 20.3 Å². The highest BCUT2D eigenvalue weighted by atomic mass is 16.5. The minimum Gasteiger partial charge on any atom is -0.496 e. The van der Waals surface area contributed by atoms with Crippen LogP contribution in [0.1, 0.15) is 12.5 Å². The number of ether oxygens (including phenoxy) is 1. The normalized spacial score (nSPS) is 15.2. The summed E-state index contributed by atoms with van der Waals surface area (Å²) in [7, 11) is 1.69. The molecule has 8 heteroatoms. The molecule has 1 aromatic heterocycles. The van der Waals surface area contributed by atoms with Crippen LogP contribution in [-0.2, 0) is 6.54 Å². The van der Waals surface area contributed by atoms with Crippen molar-refractivity contribution in [2.75, 3.05) is 57.8 Å². The van der Waals surface area contributed by atoms with Crippen LogP contribution < -0.4 is 20.3 Å². The lowest BCUT2D eigenvalue weighted by molar-refractivity contribution is 0.260. The smallest absolute Gasteiger partial charge is 0.225 e. The molecule has 0 unspecified atom stereocenters. The summed E-state index contributed by atoms with van der Waals surface area (Å²) < 4.78 is 5.41. The molecular weight excluding hydrogens is 366 g/mol. The molecule has 2 N–H and O–H groups in total. The molecule has 2 aromatic rings. The zero-order valence-electron chi connectivity index (χ0n) is 17.3. The van der Waals surface area contributed by atoms with Gasteiger partial charge in [0.1, 0.15) is 5.75 Å². The number of hydrogen-bond acceptors (Lipinski definition) is 6. The number of aliphatic imine (C=N–C) groups is 1. The first-order valence-corrected chi connectivity index (χ1v) is 10.2. The zero-order chi connectivity index (χ0) is 20.3. The van der Waals surface area contributed by atoms with Crippen LogP contribution in [-0.4, -0.2) is 73.8 Å². The molecule has 2 heterocycles. The molecule has 1 aliphatic rings. The van der Waals surface area contributed by atoms with Crippen LogP contribution in [0.15, 0.2) is 47.7 Å². The van der Waals surface area contributed by atoms with Crippen molar-refractivity contribution < 1.29 is 4.74 Å². The van der Waals surface area contributed by atoms with Crippen molar-refractivity contribution in [1.82, 2.24) is 25.5 Å². The maximum atomic E-state index is 5.41. The number of aromatic nitrogens is 2. The Morgan fingerprint density at radius 1 is 1.07 bits per heavy atom. The number of guanidine groups is 1. The third-order valence-corrected chi connectivity index (χ3v) is 4.87. The van der Waals surface area contributed by atoms with Gasteiger partial charge in [0.15, 0.2) is 5.96 Å². The lowest BCUT2D eigenvalue weighted by atomic mass is 10.2. The first-order valence-electron chi connectivity index (χ1n) is 10.2. The summed E-state index contributed by atoms with van der Waals surface area (Å²) in [5.74, 6) is 2.52. The summed E-state index contributed by atoms with van der Waals surface area (Å²) in [6.07, 6.45) is 3.59. The van der Waals surface area contributed by atoms with Crippen LogP contribution in [0.5, 0.6) is 5.75 Å². The zero-order valence-corrected chi connectivity index (χ0v) is 17.3. The maximum absolute atomic E-state index is 5.41. The summed E-state index contributed by atoms with van der Waals surface area (Å²) in [5, 5.41) is 6.75. The topological polar surface area (TPSA) is 77.9 Å². The second-order valence-corrected chi connectivity index (χ2v) is 6.81. The lowest BCUT2D eigenvalue weighted by Gasteiger charge is -2.34. The quantitative estimate of drug-likeness (QED) is 0.514. The molecule has 1 fully saturated rings. The molecule has 0 atom stereocenters. The van der Waals surface area contributed by atoms with E-state index in [1.54, 1.807) is 19.5 Å². The van der Waals surface area contributed by atoms with Crippen LogP contribution in [0.4, 0.5) is 5.95 Å². The summed E-state index contributed by atoms with van der Waals surface area (Å²) in [6.45, 7) is 9.22. The van der Waals surface area contributed by atoms with Gasteiger partial charge in [-0.15, -0.1) is 0 Å². The van der Waals surface area contributed by atoms with Gasteiger partial charge in [-0.3, -0.25) is 4.90 Å². The van der Waals surface area contributed by atoms with Crippen molar-refractivity contribution in [3.8, 4) is 5.75 Å². The van der Waals surface area contributed by atoms with Gasteiger partial charge >= 0.3 is 0 Å². The van der Waals surface area contributed by atoms with Crippen molar-refractivity contribution >= 4 is 11.9 Å². The first kappa shape index (κ1) is 20.9. The molecule has 1 aliphatic heterocycles. The summed E-state index contributed by atoms with van der Waals surface area (Å²) >= 11 is 0. The Morgan fingerprint density at radius 3 is 2.55 bits per heavy atom. The number of methoxy groups -OCH3 is 1. The first-order chi connectivity index (χ1) is 14.3. The molecule has 8 nitrogen and oxygen atoms in total. The summed E-state index contributed by atoms with van der Waals surface area (Å²) in [4.78, 5) is 18.1. The molecule has 29 heavy (non-hydrogen) atoms. The molecule has 0 aliphatic carbocycles. The fraction of sp³-hybridized carbons (Fsp3) is 0.476. The Labute approximate surface area is 173 Å². The molecular formula is C21H31N7O. The standard InChI is InChI=1S/C21H31N7O/c1-3-22-20(26-17-18-7-4-5-8-19(18)29-2)23-11-12-27-13-15-28(16-14-27)21-24-9-6-10-25-21/h4-10H,3,11-17H2,1-2H3,(H2,22,23,26). The van der Waals surface area contributed by atoms with Gasteiger partial charge in [0.2, 0.25) is 5.95 Å². The van der Waals surface area contributed by atoms with E-state index in [1.807, 2.05) is 30.3 Å². The predicted octanol–water partition coefficient (Wildman–Crippen LogP) is 1.36. The van der Waals surface area contributed by atoms with Crippen molar-refractivity contribution in [3.63, 3.8) is 0 Å². The maximum Gasteiger partial charge on any atom is 0.225 e. The van der Waals surface area contributed by atoms with Crippen LogP contribution in [0.3, 0.4) is 0 Å². The number of benzene rings is 1. The summed E-state index contributed by atoms with van der Waals surface area (Å²) in [6, 6.07) is 9.84. The molecule has 0 amide bonds. The number of nitrogens with one attached hydrogen (secondary N) is 2. The molecule has 0 saturated carbocycles. The van der Waals surface area contributed by atoms with E-state index >= 15 is 0 Å². The van der Waals surface area contributed by atoms with E-state index in [-0.39, 0.29) is 0 Å². The van der Waals surface area contributed by atoms with Crippen LogP contribution in [0.25, 0.3) is 0 Å². The van der Waals surface area contributed by atoms with E-state index in [9.17, 15) is 0 Å². The van der Waals surface area contributed by atoms with E-state index in [2.05, 4.69) is 37.3 Å². The van der Waals surface area contributed by atoms with Gasteiger partial charge in [0.05, 0.1) is 13.7 Å². The van der Waals surface area contributed by atoms with Gasteiger partial charge in [-0.2, -0.15) is 0 Å². The molecule has 3 rings (SSSR count). The molecule has 156 valence electrons. The average Bonchev–Trinajstić information content (AvgIpc) is 2.78. The number of anilines is 1. The Balaban J connectivity index is 1.44. The molecule has 1 aromatic carbocycles. The van der Waals surface area contributed by atoms with Crippen molar-refractivity contribution in [2.45, 2.75) is 13.5 Å². The summed E-state index contributed by atoms with van der Waals surface area (Å²) in [5.41, 5.74) is 1.08. The van der Waals surface area contributed by atoms with Gasteiger partial charge in [-0.05, 0) is 19.1 Å². The second-order valence-electron chi connectivity index (χ2n) is 6.81. The number of para-hydroxylation sites is 1. The van der Waals surface area contributed by atoms with Gasteiger partial charge in [-0.1, -0.05) is 18.2 Å². The Bertz CT molecular complexity index is 761. The largest absolute Gasteiger partial charge is 0.496 e. The Morgan fingerprint density at radius 2 is 1.83 bits per heavy atom. The van der Waals surface area contributed by atoms with Gasteiger partial charge in [-0.25, -0.2) is 15.0 Å². The van der Waals surface area contributed by atoms with Gasteiger partial charge in [0.25, 0.3) is 0 Å². The third-order valence-electron chi connectivity index (χ3n) is 4.87. The van der Waals surface area contributed by atoms with Crippen LogP contribution >= 0.6 is 0 Å². The third kappa shape index (κ3) is 6.32. The van der Waals surface area contributed by atoms with Crippen molar-refractivity contribution in [1.29, 1.82) is 0 Å². The van der Waals surface area contributed by atoms with E-state index in [1.165, 1.54) is 0 Å². The SMILES string of the molecule is CCNC(=NCc1ccccc1OC)NCCN1CCN(c2ncccn2)CC1. The number of piperazine rings is 1. The minimum absolute atomic E-state index is 0.578. The predicted molar refractivity (Wildman–Crippen MR) is 116 cm³/mol. The molecule has 0 spiro atoms. The molecule has 0 bridgehead atoms. The highest BCUT2D eigenvalue weighted by Crippen LogP contribution is 2.17. The Kier molecular flexibility index (Phi) is 8.06.